The van der Waals surface area contributed by atoms with Gasteiger partial charge in [-0.05, 0) is 48.5 Å². The van der Waals surface area contributed by atoms with Crippen LogP contribution in [0.5, 0.6) is 11.5 Å². The molecule has 2 aromatic heterocycles. The summed E-state index contributed by atoms with van der Waals surface area (Å²) >= 11 is 0. The normalized spacial score (nSPS) is 10.7. The number of pyridine rings is 1. The van der Waals surface area contributed by atoms with Crippen molar-refractivity contribution < 1.29 is 19.1 Å². The van der Waals surface area contributed by atoms with Crippen molar-refractivity contribution in [2.24, 2.45) is 0 Å². The van der Waals surface area contributed by atoms with Crippen LogP contribution < -0.4 is 10.1 Å². The molecular weight excluding hydrogens is 346 g/mol. The molecule has 7 heteroatoms. The van der Waals surface area contributed by atoms with E-state index in [1.807, 2.05) is 0 Å². The zero-order valence-electron chi connectivity index (χ0n) is 14.3. The second-order valence-electron chi connectivity index (χ2n) is 5.80. The molecule has 27 heavy (non-hydrogen) atoms. The SMILES string of the molecule is COc1ccc(C(=O)Nc2cnc3oc(-c4cccc(O)c4)nc3c2)cc1. The van der Waals surface area contributed by atoms with Crippen molar-refractivity contribution in [1.82, 2.24) is 9.97 Å². The molecule has 0 fully saturated rings. The lowest BCUT2D eigenvalue weighted by atomic mass is 10.2. The summed E-state index contributed by atoms with van der Waals surface area (Å²) in [6, 6.07) is 15.1. The first-order valence-corrected chi connectivity index (χ1v) is 8.14. The number of fused-ring (bicyclic) bond motifs is 1. The second-order valence-corrected chi connectivity index (χ2v) is 5.80. The number of hydrogen-bond acceptors (Lipinski definition) is 6. The highest BCUT2D eigenvalue weighted by Crippen LogP contribution is 2.26. The van der Waals surface area contributed by atoms with Crippen LogP contribution in [0.15, 0.2) is 65.2 Å². The minimum Gasteiger partial charge on any atom is -0.508 e. The van der Waals surface area contributed by atoms with E-state index in [9.17, 15) is 9.90 Å². The number of methoxy groups -OCH3 is 1. The van der Waals surface area contributed by atoms with Crippen molar-refractivity contribution in [3.05, 3.63) is 66.4 Å². The summed E-state index contributed by atoms with van der Waals surface area (Å²) < 4.78 is 10.7. The highest BCUT2D eigenvalue weighted by molar-refractivity contribution is 6.04. The van der Waals surface area contributed by atoms with E-state index >= 15 is 0 Å². The Morgan fingerprint density at radius 3 is 2.70 bits per heavy atom. The highest BCUT2D eigenvalue weighted by atomic mass is 16.5. The molecular formula is C20H15N3O4. The summed E-state index contributed by atoms with van der Waals surface area (Å²) in [6.07, 6.45) is 1.50. The van der Waals surface area contributed by atoms with Gasteiger partial charge in [-0.2, -0.15) is 0 Å². The minimum atomic E-state index is -0.268. The van der Waals surface area contributed by atoms with E-state index in [4.69, 9.17) is 9.15 Å². The van der Waals surface area contributed by atoms with Crippen LogP contribution in [-0.4, -0.2) is 28.1 Å². The maximum Gasteiger partial charge on any atom is 0.255 e. The number of carbonyl (C=O) groups excluding carboxylic acids is 1. The quantitative estimate of drug-likeness (QED) is 0.573. The Kier molecular flexibility index (Phi) is 4.18. The Balaban J connectivity index is 1.58. The van der Waals surface area contributed by atoms with E-state index in [2.05, 4.69) is 15.3 Å². The van der Waals surface area contributed by atoms with Crippen molar-refractivity contribution >= 4 is 22.8 Å². The largest absolute Gasteiger partial charge is 0.508 e. The number of ether oxygens (including phenoxy) is 1. The fraction of sp³-hybridized carbons (Fsp3) is 0.0500. The molecule has 0 saturated heterocycles. The molecule has 2 aromatic carbocycles. The lowest BCUT2D eigenvalue weighted by Crippen LogP contribution is -2.11. The first-order valence-electron chi connectivity index (χ1n) is 8.14. The van der Waals surface area contributed by atoms with Gasteiger partial charge in [-0.3, -0.25) is 4.79 Å². The van der Waals surface area contributed by atoms with Gasteiger partial charge >= 0.3 is 0 Å². The molecule has 0 spiro atoms. The molecule has 0 aliphatic carbocycles. The molecule has 134 valence electrons. The van der Waals surface area contributed by atoms with E-state index in [0.717, 1.165) is 0 Å². The standard InChI is InChI=1S/C20H15N3O4/c1-26-16-7-5-12(6-8-16)18(25)22-14-10-17-20(21-11-14)27-19(23-17)13-3-2-4-15(24)9-13/h2-11,24H,1H3,(H,22,25). The smallest absolute Gasteiger partial charge is 0.255 e. The van der Waals surface area contributed by atoms with Gasteiger partial charge in [0, 0.05) is 11.1 Å². The molecule has 0 aliphatic heterocycles. The fourth-order valence-electron chi connectivity index (χ4n) is 2.60. The maximum absolute atomic E-state index is 12.4. The van der Waals surface area contributed by atoms with Crippen molar-refractivity contribution in [2.45, 2.75) is 0 Å². The summed E-state index contributed by atoms with van der Waals surface area (Å²) in [7, 11) is 1.57. The molecule has 7 nitrogen and oxygen atoms in total. The zero-order valence-corrected chi connectivity index (χ0v) is 14.3. The number of rotatable bonds is 4. The van der Waals surface area contributed by atoms with E-state index < -0.39 is 0 Å². The van der Waals surface area contributed by atoms with Gasteiger partial charge in [-0.1, -0.05) is 6.07 Å². The van der Waals surface area contributed by atoms with Crippen LogP contribution in [0.2, 0.25) is 0 Å². The van der Waals surface area contributed by atoms with Gasteiger partial charge in [-0.15, -0.1) is 0 Å². The molecule has 1 amide bonds. The molecule has 4 rings (SSSR count). The van der Waals surface area contributed by atoms with Crippen LogP contribution in [0, 0.1) is 0 Å². The molecule has 0 saturated carbocycles. The average molecular weight is 361 g/mol. The molecule has 0 atom stereocenters. The summed E-state index contributed by atoms with van der Waals surface area (Å²) in [6.45, 7) is 0. The third-order valence-corrected chi connectivity index (χ3v) is 3.95. The van der Waals surface area contributed by atoms with Gasteiger partial charge in [0.1, 0.15) is 17.0 Å². The average Bonchev–Trinajstić information content (AvgIpc) is 3.11. The lowest BCUT2D eigenvalue weighted by Gasteiger charge is -2.05. The Morgan fingerprint density at radius 1 is 1.15 bits per heavy atom. The number of hydrogen-bond donors (Lipinski definition) is 2. The summed E-state index contributed by atoms with van der Waals surface area (Å²) in [5.74, 6) is 0.870. The van der Waals surface area contributed by atoms with E-state index in [-0.39, 0.29) is 11.7 Å². The number of phenols is 1. The second kappa shape index (κ2) is 6.80. The number of oxazole rings is 1. The molecule has 2 heterocycles. The maximum atomic E-state index is 12.4. The number of phenolic OH excluding ortho intramolecular Hbond substituents is 1. The number of nitrogens with zero attached hydrogens (tertiary/aromatic N) is 2. The number of amides is 1. The topological polar surface area (TPSA) is 97.5 Å². The molecule has 0 bridgehead atoms. The van der Waals surface area contributed by atoms with Crippen molar-refractivity contribution in [1.29, 1.82) is 0 Å². The monoisotopic (exact) mass is 361 g/mol. The van der Waals surface area contributed by atoms with Gasteiger partial charge < -0.3 is 19.6 Å². The Bertz CT molecular complexity index is 1120. The Hall–Kier alpha value is -3.87. The van der Waals surface area contributed by atoms with Gasteiger partial charge in [0.05, 0.1) is 19.0 Å². The third-order valence-electron chi connectivity index (χ3n) is 3.95. The number of carbonyl (C=O) groups is 1. The summed E-state index contributed by atoms with van der Waals surface area (Å²) in [4.78, 5) is 20.9. The molecule has 0 radical (unpaired) electrons. The lowest BCUT2D eigenvalue weighted by molar-refractivity contribution is 0.102. The highest BCUT2D eigenvalue weighted by Gasteiger charge is 2.12. The van der Waals surface area contributed by atoms with Crippen LogP contribution in [0.4, 0.5) is 5.69 Å². The van der Waals surface area contributed by atoms with Crippen LogP contribution in [0.3, 0.4) is 0 Å². The van der Waals surface area contributed by atoms with Crippen molar-refractivity contribution in [3.63, 3.8) is 0 Å². The van der Waals surface area contributed by atoms with Crippen LogP contribution >= 0.6 is 0 Å². The predicted octanol–water partition coefficient (Wildman–Crippen LogP) is 3.86. The zero-order chi connectivity index (χ0) is 18.8. The number of aromatic hydroxyl groups is 1. The summed E-state index contributed by atoms with van der Waals surface area (Å²) in [5.41, 5.74) is 2.48. The first kappa shape index (κ1) is 16.6. The van der Waals surface area contributed by atoms with Gasteiger partial charge in [0.2, 0.25) is 11.6 Å². The molecule has 0 aliphatic rings. The molecule has 2 N–H and O–H groups in total. The number of aromatic nitrogens is 2. The third kappa shape index (κ3) is 3.43. The van der Waals surface area contributed by atoms with E-state index in [1.54, 1.807) is 61.7 Å². The Labute approximate surface area is 154 Å². The Morgan fingerprint density at radius 2 is 1.96 bits per heavy atom. The minimum absolute atomic E-state index is 0.121. The predicted molar refractivity (Wildman–Crippen MR) is 99.9 cm³/mol. The van der Waals surface area contributed by atoms with Crippen molar-refractivity contribution in [2.75, 3.05) is 12.4 Å². The summed E-state index contributed by atoms with van der Waals surface area (Å²) in [5, 5.41) is 12.4. The molecule has 4 aromatic rings. The van der Waals surface area contributed by atoms with Gasteiger partial charge in [0.15, 0.2) is 0 Å². The van der Waals surface area contributed by atoms with E-state index in [0.29, 0.717) is 39.7 Å². The molecule has 0 unspecified atom stereocenters. The van der Waals surface area contributed by atoms with Crippen molar-refractivity contribution in [3.8, 4) is 23.0 Å². The number of anilines is 1. The first-order chi connectivity index (χ1) is 13.1. The van der Waals surface area contributed by atoms with Gasteiger partial charge in [0.25, 0.3) is 5.91 Å². The fourth-order valence-corrected chi connectivity index (χ4v) is 2.60. The van der Waals surface area contributed by atoms with Crippen LogP contribution in [0.25, 0.3) is 22.7 Å². The van der Waals surface area contributed by atoms with Crippen LogP contribution in [-0.2, 0) is 0 Å². The number of nitrogens with one attached hydrogen (secondary N) is 1. The van der Waals surface area contributed by atoms with E-state index in [1.165, 1.54) is 6.20 Å². The van der Waals surface area contributed by atoms with Gasteiger partial charge in [-0.25, -0.2) is 9.97 Å². The number of benzene rings is 2. The van der Waals surface area contributed by atoms with Crippen LogP contribution in [0.1, 0.15) is 10.4 Å².